The van der Waals surface area contributed by atoms with E-state index in [9.17, 15) is 0 Å². The molecule has 21 heavy (non-hydrogen) atoms. The van der Waals surface area contributed by atoms with Crippen molar-refractivity contribution >= 4 is 60.2 Å². The number of benzene rings is 1. The Morgan fingerprint density at radius 2 is 1.95 bits per heavy atom. The molecule has 2 N–H and O–H groups in total. The van der Waals surface area contributed by atoms with Crippen LogP contribution in [0, 0.1) is 0 Å². The standard InChI is InChI=1S/C14H11Br2N5/c1-17-14-19-7-10(16)13(21-14)20-11-4-2-3-8-5-9(15)6-18-12(8)11/h2-7H,1H3,(H2,17,19,20,21). The third-order valence-electron chi connectivity index (χ3n) is 2.90. The Labute approximate surface area is 138 Å². The molecule has 0 saturated carbocycles. The van der Waals surface area contributed by atoms with Gasteiger partial charge < -0.3 is 10.6 Å². The lowest BCUT2D eigenvalue weighted by atomic mass is 10.2. The van der Waals surface area contributed by atoms with Gasteiger partial charge in [0, 0.05) is 29.3 Å². The third kappa shape index (κ3) is 2.98. The molecule has 7 heteroatoms. The van der Waals surface area contributed by atoms with E-state index >= 15 is 0 Å². The van der Waals surface area contributed by atoms with E-state index in [2.05, 4.69) is 57.4 Å². The molecule has 0 atom stereocenters. The molecule has 2 heterocycles. The second-order valence-corrected chi connectivity index (χ2v) is 6.07. The Balaban J connectivity index is 2.06. The van der Waals surface area contributed by atoms with Gasteiger partial charge in [-0.2, -0.15) is 4.98 Å². The van der Waals surface area contributed by atoms with E-state index in [-0.39, 0.29) is 0 Å². The maximum atomic E-state index is 4.47. The van der Waals surface area contributed by atoms with Crippen LogP contribution in [0.5, 0.6) is 0 Å². The maximum Gasteiger partial charge on any atom is 0.224 e. The highest BCUT2D eigenvalue weighted by atomic mass is 79.9. The van der Waals surface area contributed by atoms with Crippen molar-refractivity contribution < 1.29 is 0 Å². The lowest BCUT2D eigenvalue weighted by molar-refractivity contribution is 1.14. The number of aromatic nitrogens is 3. The first-order valence-electron chi connectivity index (χ1n) is 6.19. The van der Waals surface area contributed by atoms with Gasteiger partial charge in [0.15, 0.2) is 0 Å². The Kier molecular flexibility index (Phi) is 4.03. The fraction of sp³-hybridized carbons (Fsp3) is 0.0714. The largest absolute Gasteiger partial charge is 0.357 e. The summed E-state index contributed by atoms with van der Waals surface area (Å²) in [5.41, 5.74) is 1.78. The molecule has 106 valence electrons. The second kappa shape index (κ2) is 5.95. The molecule has 0 fully saturated rings. The molecule has 1 aromatic carbocycles. The number of fused-ring (bicyclic) bond motifs is 1. The Morgan fingerprint density at radius 1 is 1.10 bits per heavy atom. The summed E-state index contributed by atoms with van der Waals surface area (Å²) >= 11 is 6.88. The molecule has 0 saturated heterocycles. The summed E-state index contributed by atoms with van der Waals surface area (Å²) in [5, 5.41) is 7.26. The van der Waals surface area contributed by atoms with Crippen LogP contribution in [0.2, 0.25) is 0 Å². The number of nitrogens with one attached hydrogen (secondary N) is 2. The van der Waals surface area contributed by atoms with E-state index in [0.29, 0.717) is 11.8 Å². The number of nitrogens with zero attached hydrogens (tertiary/aromatic N) is 3. The van der Waals surface area contributed by atoms with E-state index in [1.165, 1.54) is 0 Å². The molecule has 5 nitrogen and oxygen atoms in total. The van der Waals surface area contributed by atoms with Crippen molar-refractivity contribution in [1.82, 2.24) is 15.0 Å². The zero-order chi connectivity index (χ0) is 14.8. The summed E-state index contributed by atoms with van der Waals surface area (Å²) in [6, 6.07) is 8.00. The fourth-order valence-corrected chi connectivity index (χ4v) is 2.58. The highest BCUT2D eigenvalue weighted by molar-refractivity contribution is 9.10. The van der Waals surface area contributed by atoms with Gasteiger partial charge in [0.25, 0.3) is 0 Å². The molecular formula is C14H11Br2N5. The number of rotatable bonds is 3. The first-order valence-corrected chi connectivity index (χ1v) is 7.77. The van der Waals surface area contributed by atoms with Gasteiger partial charge in [-0.1, -0.05) is 12.1 Å². The van der Waals surface area contributed by atoms with Gasteiger partial charge >= 0.3 is 0 Å². The van der Waals surface area contributed by atoms with Crippen molar-refractivity contribution in [1.29, 1.82) is 0 Å². The van der Waals surface area contributed by atoms with Crippen LogP contribution in [0.25, 0.3) is 10.9 Å². The molecule has 0 bridgehead atoms. The van der Waals surface area contributed by atoms with Crippen LogP contribution in [0.1, 0.15) is 0 Å². The molecule has 0 aliphatic heterocycles. The van der Waals surface area contributed by atoms with Crippen molar-refractivity contribution in [2.24, 2.45) is 0 Å². The topological polar surface area (TPSA) is 62.7 Å². The minimum Gasteiger partial charge on any atom is -0.357 e. The first-order chi connectivity index (χ1) is 10.2. The van der Waals surface area contributed by atoms with E-state index in [1.807, 2.05) is 24.3 Å². The number of halogens is 2. The van der Waals surface area contributed by atoms with Crippen LogP contribution < -0.4 is 10.6 Å². The van der Waals surface area contributed by atoms with Crippen molar-refractivity contribution in [2.45, 2.75) is 0 Å². The molecule has 2 aromatic heterocycles. The number of pyridine rings is 1. The molecule has 3 aromatic rings. The van der Waals surface area contributed by atoms with Crippen molar-refractivity contribution in [3.8, 4) is 0 Å². The van der Waals surface area contributed by atoms with Crippen LogP contribution >= 0.6 is 31.9 Å². The van der Waals surface area contributed by atoms with Crippen LogP contribution in [0.4, 0.5) is 17.5 Å². The van der Waals surface area contributed by atoms with Crippen molar-refractivity contribution in [3.63, 3.8) is 0 Å². The molecule has 0 aliphatic rings. The van der Waals surface area contributed by atoms with Crippen molar-refractivity contribution in [3.05, 3.63) is 45.6 Å². The van der Waals surface area contributed by atoms with Crippen LogP contribution in [-0.4, -0.2) is 22.0 Å². The lowest BCUT2D eigenvalue weighted by Crippen LogP contribution is -2.01. The van der Waals surface area contributed by atoms with Gasteiger partial charge in [-0.05, 0) is 44.0 Å². The van der Waals surface area contributed by atoms with Gasteiger partial charge in [-0.3, -0.25) is 4.98 Å². The van der Waals surface area contributed by atoms with Crippen LogP contribution in [-0.2, 0) is 0 Å². The summed E-state index contributed by atoms with van der Waals surface area (Å²) in [4.78, 5) is 13.0. The van der Waals surface area contributed by atoms with Crippen LogP contribution in [0.15, 0.2) is 45.6 Å². The van der Waals surface area contributed by atoms with E-state index < -0.39 is 0 Å². The highest BCUT2D eigenvalue weighted by Gasteiger charge is 2.08. The van der Waals surface area contributed by atoms with Crippen LogP contribution in [0.3, 0.4) is 0 Å². The summed E-state index contributed by atoms with van der Waals surface area (Å²) in [6.07, 6.45) is 3.48. The normalized spacial score (nSPS) is 10.6. The Bertz CT molecular complexity index is 806. The van der Waals surface area contributed by atoms with Gasteiger partial charge in [-0.25, -0.2) is 4.98 Å². The summed E-state index contributed by atoms with van der Waals surface area (Å²) in [7, 11) is 1.78. The smallest absolute Gasteiger partial charge is 0.224 e. The second-order valence-electron chi connectivity index (χ2n) is 4.30. The quantitative estimate of drug-likeness (QED) is 0.675. The molecule has 0 radical (unpaired) electrons. The Hall–Kier alpha value is -1.73. The fourth-order valence-electron chi connectivity index (χ4n) is 1.94. The predicted molar refractivity (Wildman–Crippen MR) is 92.0 cm³/mol. The van der Waals surface area contributed by atoms with E-state index in [0.717, 1.165) is 25.5 Å². The minimum atomic E-state index is 0.552. The van der Waals surface area contributed by atoms with Gasteiger partial charge in [0.05, 0.1) is 15.7 Å². The van der Waals surface area contributed by atoms with Gasteiger partial charge in [0.2, 0.25) is 5.95 Å². The Morgan fingerprint density at radius 3 is 2.76 bits per heavy atom. The van der Waals surface area contributed by atoms with E-state index in [1.54, 1.807) is 19.4 Å². The third-order valence-corrected chi connectivity index (χ3v) is 3.91. The molecule has 0 amide bonds. The van der Waals surface area contributed by atoms with Gasteiger partial charge in [-0.15, -0.1) is 0 Å². The average molecular weight is 409 g/mol. The lowest BCUT2D eigenvalue weighted by Gasteiger charge is -2.11. The minimum absolute atomic E-state index is 0.552. The summed E-state index contributed by atoms with van der Waals surface area (Å²) < 4.78 is 1.74. The number of para-hydroxylation sites is 1. The zero-order valence-corrected chi connectivity index (χ0v) is 14.2. The van der Waals surface area contributed by atoms with Gasteiger partial charge in [0.1, 0.15) is 5.82 Å². The number of anilines is 3. The SMILES string of the molecule is CNc1ncc(Br)c(Nc2cccc3cc(Br)cnc23)n1. The molecule has 3 rings (SSSR count). The zero-order valence-electron chi connectivity index (χ0n) is 11.1. The highest BCUT2D eigenvalue weighted by Crippen LogP contribution is 2.29. The summed E-state index contributed by atoms with van der Waals surface area (Å²) in [6.45, 7) is 0. The predicted octanol–water partition coefficient (Wildman–Crippen LogP) is 4.34. The molecule has 0 unspecified atom stereocenters. The van der Waals surface area contributed by atoms with Crippen molar-refractivity contribution in [2.75, 3.05) is 17.7 Å². The number of hydrogen-bond acceptors (Lipinski definition) is 5. The van der Waals surface area contributed by atoms with E-state index in [4.69, 9.17) is 0 Å². The number of hydrogen-bond donors (Lipinski definition) is 2. The summed E-state index contributed by atoms with van der Waals surface area (Å²) in [5.74, 6) is 1.24. The molecule has 0 aliphatic carbocycles. The molecular weight excluding hydrogens is 398 g/mol. The monoisotopic (exact) mass is 407 g/mol. The first kappa shape index (κ1) is 14.2. The molecule has 0 spiro atoms. The average Bonchev–Trinajstić information content (AvgIpc) is 2.49. The maximum absolute atomic E-state index is 4.47.